The van der Waals surface area contributed by atoms with Gasteiger partial charge in [0.05, 0.1) is 5.66 Å². The fourth-order valence-corrected chi connectivity index (χ4v) is 1.17. The van der Waals surface area contributed by atoms with Crippen molar-refractivity contribution in [3.05, 3.63) is 11.1 Å². The Balaban J connectivity index is 2.88. The first kappa shape index (κ1) is 6.78. The Hall–Kier alpha value is -0.340. The van der Waals surface area contributed by atoms with Gasteiger partial charge in [0.1, 0.15) is 0 Å². The molecule has 0 spiro atoms. The molecule has 0 atom stereocenters. The predicted octanol–water partition coefficient (Wildman–Crippen LogP) is 0.730. The molecular formula is C7H14N2. The van der Waals surface area contributed by atoms with Gasteiger partial charge in [-0.15, -0.1) is 0 Å². The zero-order valence-electron chi connectivity index (χ0n) is 6.07. The van der Waals surface area contributed by atoms with Crippen LogP contribution in [0.4, 0.5) is 0 Å². The molecule has 0 saturated carbocycles. The monoisotopic (exact) mass is 126 g/mol. The van der Waals surface area contributed by atoms with E-state index in [2.05, 4.69) is 6.92 Å². The molecular weight excluding hydrogens is 112 g/mol. The zero-order chi connectivity index (χ0) is 7.07. The van der Waals surface area contributed by atoms with E-state index in [1.165, 1.54) is 11.1 Å². The summed E-state index contributed by atoms with van der Waals surface area (Å²) in [6.07, 6.45) is 1.98. The Morgan fingerprint density at radius 3 is 2.00 bits per heavy atom. The van der Waals surface area contributed by atoms with Crippen LogP contribution in [0, 0.1) is 0 Å². The van der Waals surface area contributed by atoms with Crippen LogP contribution in [-0.4, -0.2) is 5.66 Å². The molecule has 1 rings (SSSR count). The largest absolute Gasteiger partial charge is 0.310 e. The van der Waals surface area contributed by atoms with Gasteiger partial charge >= 0.3 is 0 Å². The van der Waals surface area contributed by atoms with Crippen LogP contribution in [-0.2, 0) is 0 Å². The van der Waals surface area contributed by atoms with Gasteiger partial charge in [0.2, 0.25) is 0 Å². The van der Waals surface area contributed by atoms with Crippen molar-refractivity contribution < 1.29 is 0 Å². The highest BCUT2D eigenvalue weighted by Crippen LogP contribution is 2.28. The highest BCUT2D eigenvalue weighted by atomic mass is 15.0. The summed E-state index contributed by atoms with van der Waals surface area (Å²) in [5, 5.41) is 0. The van der Waals surface area contributed by atoms with Crippen molar-refractivity contribution in [2.75, 3.05) is 0 Å². The smallest absolute Gasteiger partial charge is 0.0861 e. The normalized spacial score (nSPS) is 25.3. The zero-order valence-corrected chi connectivity index (χ0v) is 6.07. The van der Waals surface area contributed by atoms with Gasteiger partial charge in [-0.3, -0.25) is 0 Å². The average molecular weight is 126 g/mol. The molecule has 0 aromatic carbocycles. The third-order valence-electron chi connectivity index (χ3n) is 2.25. The summed E-state index contributed by atoms with van der Waals surface area (Å²) >= 11 is 0. The quantitative estimate of drug-likeness (QED) is 0.371. The van der Waals surface area contributed by atoms with Crippen molar-refractivity contribution >= 4 is 0 Å². The van der Waals surface area contributed by atoms with Crippen LogP contribution in [0.15, 0.2) is 11.1 Å². The highest BCUT2D eigenvalue weighted by Gasteiger charge is 2.28. The van der Waals surface area contributed by atoms with Crippen LogP contribution in [0.2, 0.25) is 0 Å². The van der Waals surface area contributed by atoms with E-state index in [0.717, 1.165) is 12.8 Å². The fraction of sp³-hybridized carbons (Fsp3) is 0.714. The van der Waals surface area contributed by atoms with Crippen molar-refractivity contribution in [1.29, 1.82) is 0 Å². The SMILES string of the molecule is CC1=C(C)C(N)(N)CC1. The first-order valence-electron chi connectivity index (χ1n) is 3.28. The summed E-state index contributed by atoms with van der Waals surface area (Å²) in [7, 11) is 0. The van der Waals surface area contributed by atoms with E-state index in [1.54, 1.807) is 0 Å². The maximum atomic E-state index is 5.73. The lowest BCUT2D eigenvalue weighted by molar-refractivity contribution is 0.514. The molecule has 0 fully saturated rings. The number of hydrogen-bond donors (Lipinski definition) is 2. The van der Waals surface area contributed by atoms with Gasteiger partial charge in [-0.2, -0.15) is 0 Å². The van der Waals surface area contributed by atoms with Crippen molar-refractivity contribution in [3.63, 3.8) is 0 Å². The molecule has 0 bridgehead atoms. The Morgan fingerprint density at radius 1 is 1.33 bits per heavy atom. The van der Waals surface area contributed by atoms with Crippen molar-refractivity contribution in [2.24, 2.45) is 11.5 Å². The van der Waals surface area contributed by atoms with E-state index in [1.807, 2.05) is 6.92 Å². The van der Waals surface area contributed by atoms with E-state index < -0.39 is 5.66 Å². The lowest BCUT2D eigenvalue weighted by Gasteiger charge is -2.19. The molecule has 0 aliphatic heterocycles. The van der Waals surface area contributed by atoms with Crippen LogP contribution in [0.5, 0.6) is 0 Å². The van der Waals surface area contributed by atoms with Gasteiger partial charge < -0.3 is 11.5 Å². The lowest BCUT2D eigenvalue weighted by atomic mass is 10.1. The third kappa shape index (κ3) is 1.00. The van der Waals surface area contributed by atoms with E-state index in [-0.39, 0.29) is 0 Å². The van der Waals surface area contributed by atoms with Crippen molar-refractivity contribution in [2.45, 2.75) is 32.4 Å². The van der Waals surface area contributed by atoms with E-state index >= 15 is 0 Å². The van der Waals surface area contributed by atoms with Gasteiger partial charge in [-0.1, -0.05) is 5.57 Å². The number of allylic oxidation sites excluding steroid dienone is 1. The average Bonchev–Trinajstić information content (AvgIpc) is 1.97. The summed E-state index contributed by atoms with van der Waals surface area (Å²) in [5.74, 6) is 0. The van der Waals surface area contributed by atoms with Gasteiger partial charge in [0.15, 0.2) is 0 Å². The second kappa shape index (κ2) is 1.82. The second-order valence-electron chi connectivity index (χ2n) is 2.95. The highest BCUT2D eigenvalue weighted by molar-refractivity contribution is 5.26. The van der Waals surface area contributed by atoms with Crippen LogP contribution in [0.1, 0.15) is 26.7 Å². The van der Waals surface area contributed by atoms with Gasteiger partial charge in [0.25, 0.3) is 0 Å². The van der Waals surface area contributed by atoms with Gasteiger partial charge in [-0.05, 0) is 32.3 Å². The maximum absolute atomic E-state index is 5.73. The van der Waals surface area contributed by atoms with Crippen LogP contribution in [0.25, 0.3) is 0 Å². The molecule has 4 N–H and O–H groups in total. The molecule has 9 heavy (non-hydrogen) atoms. The van der Waals surface area contributed by atoms with Gasteiger partial charge in [-0.25, -0.2) is 0 Å². The molecule has 0 unspecified atom stereocenters. The Morgan fingerprint density at radius 2 is 1.89 bits per heavy atom. The van der Waals surface area contributed by atoms with Crippen LogP contribution < -0.4 is 11.5 Å². The predicted molar refractivity (Wildman–Crippen MR) is 38.7 cm³/mol. The molecule has 1 aliphatic carbocycles. The summed E-state index contributed by atoms with van der Waals surface area (Å²) in [5.41, 5.74) is 13.5. The Labute approximate surface area is 55.9 Å². The van der Waals surface area contributed by atoms with Crippen molar-refractivity contribution in [3.8, 4) is 0 Å². The van der Waals surface area contributed by atoms with E-state index in [9.17, 15) is 0 Å². The molecule has 0 aromatic heterocycles. The molecule has 52 valence electrons. The van der Waals surface area contributed by atoms with E-state index in [4.69, 9.17) is 11.5 Å². The molecule has 0 amide bonds. The summed E-state index contributed by atoms with van der Waals surface area (Å²) in [6.45, 7) is 4.11. The molecule has 0 aromatic rings. The summed E-state index contributed by atoms with van der Waals surface area (Å²) in [4.78, 5) is 0. The minimum Gasteiger partial charge on any atom is -0.310 e. The van der Waals surface area contributed by atoms with Crippen molar-refractivity contribution in [1.82, 2.24) is 0 Å². The second-order valence-corrected chi connectivity index (χ2v) is 2.95. The van der Waals surface area contributed by atoms with Crippen LogP contribution in [0.3, 0.4) is 0 Å². The molecule has 0 heterocycles. The summed E-state index contributed by atoms with van der Waals surface area (Å²) in [6, 6.07) is 0. The Bertz CT molecular complexity index is 156. The third-order valence-corrected chi connectivity index (χ3v) is 2.25. The van der Waals surface area contributed by atoms with E-state index in [0.29, 0.717) is 0 Å². The minimum atomic E-state index is -0.496. The molecule has 0 radical (unpaired) electrons. The minimum absolute atomic E-state index is 0.496. The number of rotatable bonds is 0. The Kier molecular flexibility index (Phi) is 1.37. The molecule has 1 aliphatic rings. The maximum Gasteiger partial charge on any atom is 0.0861 e. The first-order valence-corrected chi connectivity index (χ1v) is 3.28. The molecule has 2 nitrogen and oxygen atoms in total. The molecule has 2 heteroatoms. The standard InChI is InChI=1S/C7H14N2/c1-5-3-4-7(8,9)6(5)2/h3-4,8-9H2,1-2H3. The topological polar surface area (TPSA) is 52.0 Å². The van der Waals surface area contributed by atoms with Crippen LogP contribution >= 0.6 is 0 Å². The summed E-state index contributed by atoms with van der Waals surface area (Å²) < 4.78 is 0. The molecule has 0 saturated heterocycles. The van der Waals surface area contributed by atoms with Gasteiger partial charge in [0, 0.05) is 0 Å². The number of hydrogen-bond acceptors (Lipinski definition) is 2. The fourth-order valence-electron chi connectivity index (χ4n) is 1.17. The first-order chi connectivity index (χ1) is 4.04. The lowest BCUT2D eigenvalue weighted by Crippen LogP contribution is -2.48. The number of nitrogens with two attached hydrogens (primary N) is 2.